The summed E-state index contributed by atoms with van der Waals surface area (Å²) in [6, 6.07) is 8.45. The van der Waals surface area contributed by atoms with Gasteiger partial charge in [-0.3, -0.25) is 0 Å². The molecule has 1 aromatic carbocycles. The molecule has 1 heteroatoms. The first-order chi connectivity index (χ1) is 9.88. The third-order valence-corrected chi connectivity index (χ3v) is 4.62. The van der Waals surface area contributed by atoms with E-state index < -0.39 is 0 Å². The van der Waals surface area contributed by atoms with Crippen LogP contribution >= 0.6 is 0 Å². The SMILES string of the molecule is C=Cc1ccccc1-c1oc(C2CC2)c2c1CCCC2. The number of benzene rings is 1. The predicted octanol–water partition coefficient (Wildman–Crippen LogP) is 5.35. The van der Waals surface area contributed by atoms with Crippen LogP contribution in [0.4, 0.5) is 0 Å². The van der Waals surface area contributed by atoms with Crippen LogP contribution in [0.5, 0.6) is 0 Å². The quantitative estimate of drug-likeness (QED) is 0.728. The standard InChI is InChI=1S/C19H20O/c1-2-13-7-3-4-8-15(13)19-17-10-6-5-9-16(17)18(20-19)14-11-12-14/h2-4,7-8,14H,1,5-6,9-12H2. The second-order valence-electron chi connectivity index (χ2n) is 6.03. The summed E-state index contributed by atoms with van der Waals surface area (Å²) in [5.41, 5.74) is 5.41. The highest BCUT2D eigenvalue weighted by molar-refractivity contribution is 5.75. The largest absolute Gasteiger partial charge is 0.460 e. The highest BCUT2D eigenvalue weighted by Gasteiger charge is 2.34. The van der Waals surface area contributed by atoms with Crippen LogP contribution in [0.3, 0.4) is 0 Å². The second kappa shape index (κ2) is 4.66. The fourth-order valence-corrected chi connectivity index (χ4v) is 3.44. The summed E-state index contributed by atoms with van der Waals surface area (Å²) in [7, 11) is 0. The van der Waals surface area contributed by atoms with Gasteiger partial charge in [-0.15, -0.1) is 0 Å². The maximum atomic E-state index is 6.37. The lowest BCUT2D eigenvalue weighted by Gasteiger charge is -2.13. The van der Waals surface area contributed by atoms with Crippen molar-refractivity contribution >= 4 is 6.08 Å². The average Bonchev–Trinajstić information content (AvgIpc) is 3.28. The zero-order chi connectivity index (χ0) is 13.5. The number of hydrogen-bond acceptors (Lipinski definition) is 1. The second-order valence-corrected chi connectivity index (χ2v) is 6.03. The molecule has 0 N–H and O–H groups in total. The Morgan fingerprint density at radius 3 is 2.55 bits per heavy atom. The molecule has 0 spiro atoms. The van der Waals surface area contributed by atoms with Gasteiger partial charge in [-0.2, -0.15) is 0 Å². The monoisotopic (exact) mass is 264 g/mol. The van der Waals surface area contributed by atoms with Crippen LogP contribution in [0.25, 0.3) is 17.4 Å². The molecule has 2 aliphatic carbocycles. The minimum absolute atomic E-state index is 0.700. The van der Waals surface area contributed by atoms with E-state index in [0.717, 1.165) is 5.76 Å². The topological polar surface area (TPSA) is 13.1 Å². The molecule has 0 saturated heterocycles. The van der Waals surface area contributed by atoms with E-state index in [0.29, 0.717) is 5.92 Å². The summed E-state index contributed by atoms with van der Waals surface area (Å²) in [6.07, 6.45) is 9.54. The Bertz CT molecular complexity index is 658. The summed E-state index contributed by atoms with van der Waals surface area (Å²) in [5.74, 6) is 3.12. The molecule has 1 aromatic heterocycles. The predicted molar refractivity (Wildman–Crippen MR) is 82.9 cm³/mol. The van der Waals surface area contributed by atoms with Crippen molar-refractivity contribution in [2.24, 2.45) is 0 Å². The number of rotatable bonds is 3. The molecule has 0 radical (unpaired) electrons. The highest BCUT2D eigenvalue weighted by atomic mass is 16.3. The van der Waals surface area contributed by atoms with Crippen molar-refractivity contribution < 1.29 is 4.42 Å². The number of fused-ring (bicyclic) bond motifs is 1. The average molecular weight is 264 g/mol. The van der Waals surface area contributed by atoms with Gasteiger partial charge in [0.05, 0.1) is 0 Å². The van der Waals surface area contributed by atoms with Gasteiger partial charge < -0.3 is 4.42 Å². The molecule has 0 aliphatic heterocycles. The van der Waals surface area contributed by atoms with Crippen LogP contribution in [-0.2, 0) is 12.8 Å². The van der Waals surface area contributed by atoms with Crippen LogP contribution in [0.2, 0.25) is 0 Å². The van der Waals surface area contributed by atoms with E-state index in [1.54, 1.807) is 0 Å². The van der Waals surface area contributed by atoms with E-state index in [1.807, 2.05) is 6.08 Å². The molecule has 0 bridgehead atoms. The number of hydrogen-bond donors (Lipinski definition) is 0. The normalized spacial score (nSPS) is 17.8. The van der Waals surface area contributed by atoms with Gasteiger partial charge in [-0.1, -0.05) is 36.9 Å². The first-order valence-electron chi connectivity index (χ1n) is 7.74. The van der Waals surface area contributed by atoms with Crippen molar-refractivity contribution in [3.63, 3.8) is 0 Å². The van der Waals surface area contributed by atoms with Crippen molar-refractivity contribution in [1.29, 1.82) is 0 Å². The maximum absolute atomic E-state index is 6.37. The van der Waals surface area contributed by atoms with E-state index in [9.17, 15) is 0 Å². The summed E-state index contributed by atoms with van der Waals surface area (Å²) >= 11 is 0. The Morgan fingerprint density at radius 2 is 1.80 bits per heavy atom. The molecular formula is C19H20O. The Morgan fingerprint density at radius 1 is 1.05 bits per heavy atom. The van der Waals surface area contributed by atoms with Gasteiger partial charge in [0.1, 0.15) is 11.5 Å². The van der Waals surface area contributed by atoms with E-state index in [4.69, 9.17) is 4.42 Å². The molecule has 20 heavy (non-hydrogen) atoms. The molecule has 1 nitrogen and oxygen atoms in total. The van der Waals surface area contributed by atoms with Crippen molar-refractivity contribution in [2.45, 2.75) is 44.4 Å². The summed E-state index contributed by atoms with van der Waals surface area (Å²) < 4.78 is 6.37. The van der Waals surface area contributed by atoms with E-state index >= 15 is 0 Å². The molecule has 0 amide bonds. The van der Waals surface area contributed by atoms with Gasteiger partial charge in [0.15, 0.2) is 0 Å². The molecule has 1 saturated carbocycles. The van der Waals surface area contributed by atoms with Gasteiger partial charge in [0.25, 0.3) is 0 Å². The third-order valence-electron chi connectivity index (χ3n) is 4.62. The lowest BCUT2D eigenvalue weighted by atomic mass is 9.89. The Kier molecular flexibility index (Phi) is 2.80. The minimum atomic E-state index is 0.700. The fraction of sp³-hybridized carbons (Fsp3) is 0.368. The van der Waals surface area contributed by atoms with Crippen LogP contribution in [0, 0.1) is 0 Å². The lowest BCUT2D eigenvalue weighted by molar-refractivity contribution is 0.519. The summed E-state index contributed by atoms with van der Waals surface area (Å²) in [5, 5.41) is 0. The van der Waals surface area contributed by atoms with Crippen LogP contribution < -0.4 is 0 Å². The number of furan rings is 1. The van der Waals surface area contributed by atoms with Gasteiger partial charge >= 0.3 is 0 Å². The molecule has 0 unspecified atom stereocenters. The lowest BCUT2D eigenvalue weighted by Crippen LogP contribution is -2.02. The molecule has 4 rings (SSSR count). The van der Waals surface area contributed by atoms with Gasteiger partial charge in [-0.05, 0) is 49.7 Å². The van der Waals surface area contributed by atoms with Crippen molar-refractivity contribution in [1.82, 2.24) is 0 Å². The van der Waals surface area contributed by atoms with Gasteiger partial charge in [0, 0.05) is 17.0 Å². The third kappa shape index (κ3) is 1.84. The van der Waals surface area contributed by atoms with E-state index in [2.05, 4.69) is 30.8 Å². The molecule has 2 aromatic rings. The molecule has 102 valence electrons. The maximum Gasteiger partial charge on any atom is 0.138 e. The fourth-order valence-electron chi connectivity index (χ4n) is 3.44. The van der Waals surface area contributed by atoms with E-state index in [1.165, 1.54) is 66.5 Å². The van der Waals surface area contributed by atoms with E-state index in [-0.39, 0.29) is 0 Å². The van der Waals surface area contributed by atoms with Crippen LogP contribution in [-0.4, -0.2) is 0 Å². The van der Waals surface area contributed by atoms with Crippen molar-refractivity contribution in [3.8, 4) is 11.3 Å². The van der Waals surface area contributed by atoms with Gasteiger partial charge in [-0.25, -0.2) is 0 Å². The first kappa shape index (κ1) is 12.0. The smallest absolute Gasteiger partial charge is 0.138 e. The highest BCUT2D eigenvalue weighted by Crippen LogP contribution is 2.48. The molecule has 0 atom stereocenters. The van der Waals surface area contributed by atoms with Crippen LogP contribution in [0.15, 0.2) is 35.3 Å². The van der Waals surface area contributed by atoms with Crippen molar-refractivity contribution in [2.75, 3.05) is 0 Å². The molecule has 1 fully saturated rings. The Hall–Kier alpha value is -1.76. The van der Waals surface area contributed by atoms with Crippen LogP contribution in [0.1, 0.15) is 54.1 Å². The Labute approximate surface area is 120 Å². The van der Waals surface area contributed by atoms with Crippen molar-refractivity contribution in [3.05, 3.63) is 53.3 Å². The summed E-state index contributed by atoms with van der Waals surface area (Å²) in [4.78, 5) is 0. The minimum Gasteiger partial charge on any atom is -0.460 e. The zero-order valence-corrected chi connectivity index (χ0v) is 11.8. The van der Waals surface area contributed by atoms with Gasteiger partial charge in [0.2, 0.25) is 0 Å². The molecule has 1 heterocycles. The molecule has 2 aliphatic rings. The summed E-state index contributed by atoms with van der Waals surface area (Å²) in [6.45, 7) is 3.94. The first-order valence-corrected chi connectivity index (χ1v) is 7.74. The Balaban J connectivity index is 1.91. The molecular weight excluding hydrogens is 244 g/mol. The zero-order valence-electron chi connectivity index (χ0n) is 11.8.